The summed E-state index contributed by atoms with van der Waals surface area (Å²) in [4.78, 5) is 0. The predicted octanol–water partition coefficient (Wildman–Crippen LogP) is 1.75. The monoisotopic (exact) mass is 232 g/mol. The standard InChI is InChI=1S/C13H17BO3/c1-13(2)9-15-14(17-13)10-4-3-5-12(8-10)16-11-6-7-11/h3-5,8,11H,6-7,9H2,1-2H3. The first-order valence-corrected chi connectivity index (χ1v) is 6.18. The van der Waals surface area contributed by atoms with Gasteiger partial charge in [-0.1, -0.05) is 12.1 Å². The molecule has 2 fully saturated rings. The van der Waals surface area contributed by atoms with Gasteiger partial charge in [-0.15, -0.1) is 0 Å². The van der Waals surface area contributed by atoms with Gasteiger partial charge in [0.05, 0.1) is 18.3 Å². The van der Waals surface area contributed by atoms with Crippen molar-refractivity contribution >= 4 is 12.6 Å². The van der Waals surface area contributed by atoms with Gasteiger partial charge < -0.3 is 14.0 Å². The van der Waals surface area contributed by atoms with Crippen LogP contribution in [0.4, 0.5) is 0 Å². The summed E-state index contributed by atoms with van der Waals surface area (Å²) in [5.41, 5.74) is 0.839. The molecule has 0 aromatic heterocycles. The van der Waals surface area contributed by atoms with Crippen molar-refractivity contribution in [1.82, 2.24) is 0 Å². The SMILES string of the molecule is CC1(C)COB(c2cccc(OC3CC3)c2)O1. The first kappa shape index (κ1) is 11.1. The molecule has 17 heavy (non-hydrogen) atoms. The van der Waals surface area contributed by atoms with Crippen LogP contribution in [0.5, 0.6) is 5.75 Å². The van der Waals surface area contributed by atoms with Crippen LogP contribution in [-0.2, 0) is 9.31 Å². The van der Waals surface area contributed by atoms with Crippen molar-refractivity contribution < 1.29 is 14.0 Å². The molecule has 1 saturated carbocycles. The molecule has 1 aliphatic carbocycles. The maximum absolute atomic E-state index is 5.83. The van der Waals surface area contributed by atoms with E-state index in [1.165, 1.54) is 12.8 Å². The van der Waals surface area contributed by atoms with Gasteiger partial charge in [-0.25, -0.2) is 0 Å². The highest BCUT2D eigenvalue weighted by Gasteiger charge is 2.38. The second-order valence-corrected chi connectivity index (χ2v) is 5.41. The lowest BCUT2D eigenvalue weighted by Crippen LogP contribution is -2.34. The van der Waals surface area contributed by atoms with Crippen molar-refractivity contribution in [1.29, 1.82) is 0 Å². The van der Waals surface area contributed by atoms with Gasteiger partial charge in [0, 0.05) is 0 Å². The quantitative estimate of drug-likeness (QED) is 0.743. The van der Waals surface area contributed by atoms with Crippen molar-refractivity contribution in [2.45, 2.75) is 38.4 Å². The number of benzene rings is 1. The largest absolute Gasteiger partial charge is 0.494 e. The fourth-order valence-electron chi connectivity index (χ4n) is 1.91. The van der Waals surface area contributed by atoms with E-state index in [2.05, 4.69) is 0 Å². The van der Waals surface area contributed by atoms with Crippen LogP contribution in [0.15, 0.2) is 24.3 Å². The third kappa shape index (κ3) is 2.64. The molecule has 4 heteroatoms. The molecular weight excluding hydrogens is 215 g/mol. The highest BCUT2D eigenvalue weighted by Crippen LogP contribution is 2.26. The van der Waals surface area contributed by atoms with Crippen LogP contribution in [-0.4, -0.2) is 25.4 Å². The summed E-state index contributed by atoms with van der Waals surface area (Å²) < 4.78 is 17.3. The second kappa shape index (κ2) is 4.04. The number of rotatable bonds is 3. The smallest absolute Gasteiger partial charge is 0.490 e. The molecule has 1 saturated heterocycles. The Labute approximate surface area is 102 Å². The van der Waals surface area contributed by atoms with Crippen LogP contribution in [0.3, 0.4) is 0 Å². The van der Waals surface area contributed by atoms with E-state index in [4.69, 9.17) is 14.0 Å². The maximum atomic E-state index is 5.83. The molecule has 0 atom stereocenters. The zero-order chi connectivity index (χ0) is 11.9. The van der Waals surface area contributed by atoms with E-state index in [1.54, 1.807) is 0 Å². The Morgan fingerprint density at radius 3 is 2.82 bits per heavy atom. The van der Waals surface area contributed by atoms with Crippen LogP contribution in [0.25, 0.3) is 0 Å². The van der Waals surface area contributed by atoms with E-state index in [0.717, 1.165) is 11.2 Å². The molecule has 1 aliphatic heterocycles. The summed E-state index contributed by atoms with van der Waals surface area (Å²) in [6.45, 7) is 4.71. The van der Waals surface area contributed by atoms with Crippen LogP contribution >= 0.6 is 0 Å². The molecule has 1 heterocycles. The van der Waals surface area contributed by atoms with Gasteiger partial charge in [0.25, 0.3) is 0 Å². The molecule has 0 unspecified atom stereocenters. The summed E-state index contributed by atoms with van der Waals surface area (Å²) in [5, 5.41) is 0. The average Bonchev–Trinajstić information content (AvgIpc) is 3.01. The Bertz CT molecular complexity index is 415. The molecule has 2 aliphatic rings. The molecule has 3 rings (SSSR count). The Balaban J connectivity index is 1.73. The van der Waals surface area contributed by atoms with Gasteiger partial charge >= 0.3 is 7.12 Å². The molecule has 1 aromatic rings. The first-order chi connectivity index (χ1) is 8.12. The average molecular weight is 232 g/mol. The van der Waals surface area contributed by atoms with Crippen molar-refractivity contribution in [2.24, 2.45) is 0 Å². The highest BCUT2D eigenvalue weighted by molar-refractivity contribution is 6.61. The Kier molecular flexibility index (Phi) is 2.64. The molecule has 0 bridgehead atoms. The Morgan fingerprint density at radius 2 is 2.18 bits per heavy atom. The van der Waals surface area contributed by atoms with Crippen molar-refractivity contribution in [3.8, 4) is 5.75 Å². The maximum Gasteiger partial charge on any atom is 0.494 e. The fraction of sp³-hybridized carbons (Fsp3) is 0.538. The van der Waals surface area contributed by atoms with Gasteiger partial charge in [-0.3, -0.25) is 0 Å². The van der Waals surface area contributed by atoms with Crippen molar-refractivity contribution in [3.05, 3.63) is 24.3 Å². The molecular formula is C13H17BO3. The fourth-order valence-corrected chi connectivity index (χ4v) is 1.91. The zero-order valence-corrected chi connectivity index (χ0v) is 10.3. The lowest BCUT2D eigenvalue weighted by molar-refractivity contribution is 0.137. The van der Waals surface area contributed by atoms with Gasteiger partial charge in [0.2, 0.25) is 0 Å². The molecule has 1 aromatic carbocycles. The highest BCUT2D eigenvalue weighted by atomic mass is 16.7. The lowest BCUT2D eigenvalue weighted by atomic mass is 9.79. The van der Waals surface area contributed by atoms with E-state index in [9.17, 15) is 0 Å². The summed E-state index contributed by atoms with van der Waals surface area (Å²) in [5.74, 6) is 0.918. The van der Waals surface area contributed by atoms with E-state index < -0.39 is 0 Å². The minimum atomic E-state index is -0.257. The summed E-state index contributed by atoms with van der Waals surface area (Å²) in [6.07, 6.45) is 2.77. The minimum absolute atomic E-state index is 0.196. The predicted molar refractivity (Wildman–Crippen MR) is 66.6 cm³/mol. The minimum Gasteiger partial charge on any atom is -0.490 e. The first-order valence-electron chi connectivity index (χ1n) is 6.18. The van der Waals surface area contributed by atoms with Gasteiger partial charge in [-0.2, -0.15) is 0 Å². The van der Waals surface area contributed by atoms with E-state index >= 15 is 0 Å². The molecule has 90 valence electrons. The normalized spacial score (nSPS) is 22.8. The van der Waals surface area contributed by atoms with E-state index in [-0.39, 0.29) is 12.7 Å². The van der Waals surface area contributed by atoms with Gasteiger partial charge in [0.15, 0.2) is 0 Å². The molecule has 0 amide bonds. The Hall–Kier alpha value is -0.995. The number of hydrogen-bond acceptors (Lipinski definition) is 3. The van der Waals surface area contributed by atoms with Crippen molar-refractivity contribution in [2.75, 3.05) is 6.61 Å². The molecule has 3 nitrogen and oxygen atoms in total. The molecule has 0 spiro atoms. The summed E-state index contributed by atoms with van der Waals surface area (Å²) in [7, 11) is -0.257. The van der Waals surface area contributed by atoms with Crippen LogP contribution in [0, 0.1) is 0 Å². The van der Waals surface area contributed by atoms with Gasteiger partial charge in [-0.05, 0) is 44.3 Å². The van der Waals surface area contributed by atoms with E-state index in [0.29, 0.717) is 12.7 Å². The lowest BCUT2D eigenvalue weighted by Gasteiger charge is -2.15. The number of hydrogen-bond donors (Lipinski definition) is 0. The van der Waals surface area contributed by atoms with E-state index in [1.807, 2.05) is 38.1 Å². The Morgan fingerprint density at radius 1 is 1.35 bits per heavy atom. The topological polar surface area (TPSA) is 27.7 Å². The zero-order valence-electron chi connectivity index (χ0n) is 10.3. The summed E-state index contributed by atoms with van der Waals surface area (Å²) in [6, 6.07) is 8.02. The van der Waals surface area contributed by atoms with Gasteiger partial charge in [0.1, 0.15) is 5.75 Å². The van der Waals surface area contributed by atoms with Crippen LogP contribution in [0.2, 0.25) is 0 Å². The van der Waals surface area contributed by atoms with Crippen LogP contribution in [0.1, 0.15) is 26.7 Å². The molecule has 0 N–H and O–H groups in total. The number of ether oxygens (including phenoxy) is 1. The third-order valence-electron chi connectivity index (χ3n) is 2.97. The second-order valence-electron chi connectivity index (χ2n) is 5.41. The van der Waals surface area contributed by atoms with Crippen molar-refractivity contribution in [3.63, 3.8) is 0 Å². The molecule has 0 radical (unpaired) electrons. The third-order valence-corrected chi connectivity index (χ3v) is 2.97. The van der Waals surface area contributed by atoms with Crippen LogP contribution < -0.4 is 10.2 Å². The summed E-state index contributed by atoms with van der Waals surface area (Å²) >= 11 is 0.